The molecule has 19 heavy (non-hydrogen) atoms. The molecule has 0 saturated carbocycles. The van der Waals surface area contributed by atoms with Crippen LogP contribution in [0.3, 0.4) is 0 Å². The third-order valence-corrected chi connectivity index (χ3v) is 4.07. The first-order valence-corrected chi connectivity index (χ1v) is 8.88. The van der Waals surface area contributed by atoms with Crippen LogP contribution in [-0.4, -0.2) is 38.0 Å². The van der Waals surface area contributed by atoms with Crippen LogP contribution in [0.2, 0.25) is 0 Å². The second-order valence-electron chi connectivity index (χ2n) is 4.89. The van der Waals surface area contributed by atoms with E-state index in [1.807, 2.05) is 18.2 Å². The smallest absolute Gasteiger partial charge is 0.147 e. The summed E-state index contributed by atoms with van der Waals surface area (Å²) < 4.78 is 22.2. The maximum atomic E-state index is 11.1. The van der Waals surface area contributed by atoms with Crippen molar-refractivity contribution in [3.63, 3.8) is 0 Å². The molecule has 1 N–H and O–H groups in total. The molecule has 0 saturated heterocycles. The van der Waals surface area contributed by atoms with Crippen molar-refractivity contribution in [3.05, 3.63) is 30.1 Å². The van der Waals surface area contributed by atoms with Crippen LogP contribution in [0.1, 0.15) is 31.9 Å². The minimum absolute atomic E-state index is 0.276. The fraction of sp³-hybridized carbons (Fsp3) is 0.643. The monoisotopic (exact) mass is 284 g/mol. The van der Waals surface area contributed by atoms with Gasteiger partial charge in [-0.2, -0.15) is 0 Å². The highest BCUT2D eigenvalue weighted by Gasteiger charge is 2.10. The Morgan fingerprint density at radius 3 is 2.68 bits per heavy atom. The summed E-state index contributed by atoms with van der Waals surface area (Å²) in [6.07, 6.45) is 6.64. The standard InChI is InChI=1S/C14H24N2O2S/c1-3-15-13(8-6-12-19(2,17)18)9-10-14-7-4-5-11-16-14/h4-5,7,11,13,15H,3,6,8-10,12H2,1-2H3. The number of nitrogens with one attached hydrogen (secondary N) is 1. The molecule has 1 aromatic heterocycles. The van der Waals surface area contributed by atoms with E-state index >= 15 is 0 Å². The molecule has 1 unspecified atom stereocenters. The van der Waals surface area contributed by atoms with Gasteiger partial charge in [0, 0.05) is 29.9 Å². The van der Waals surface area contributed by atoms with E-state index in [9.17, 15) is 8.42 Å². The Morgan fingerprint density at radius 2 is 2.11 bits per heavy atom. The average molecular weight is 284 g/mol. The van der Waals surface area contributed by atoms with Crippen molar-refractivity contribution < 1.29 is 8.42 Å². The van der Waals surface area contributed by atoms with Gasteiger partial charge in [-0.15, -0.1) is 0 Å². The van der Waals surface area contributed by atoms with Crippen LogP contribution >= 0.6 is 0 Å². The zero-order valence-electron chi connectivity index (χ0n) is 11.8. The highest BCUT2D eigenvalue weighted by molar-refractivity contribution is 7.90. The average Bonchev–Trinajstić information content (AvgIpc) is 2.36. The fourth-order valence-corrected chi connectivity index (χ4v) is 2.79. The first-order valence-electron chi connectivity index (χ1n) is 6.82. The minimum atomic E-state index is -2.84. The molecule has 1 heterocycles. The van der Waals surface area contributed by atoms with Gasteiger partial charge in [0.15, 0.2) is 0 Å². The molecule has 0 aliphatic rings. The number of aryl methyl sites for hydroxylation is 1. The summed E-state index contributed by atoms with van der Waals surface area (Å²) in [5, 5.41) is 3.42. The second-order valence-corrected chi connectivity index (χ2v) is 7.15. The Bertz CT molecular complexity index is 446. The van der Waals surface area contributed by atoms with Gasteiger partial charge in [0.25, 0.3) is 0 Å². The molecular weight excluding hydrogens is 260 g/mol. The molecule has 1 atom stereocenters. The van der Waals surface area contributed by atoms with E-state index in [2.05, 4.69) is 17.2 Å². The number of sulfone groups is 1. The zero-order chi connectivity index (χ0) is 14.1. The first kappa shape index (κ1) is 16.1. The van der Waals surface area contributed by atoms with Gasteiger partial charge < -0.3 is 5.32 Å². The van der Waals surface area contributed by atoms with E-state index < -0.39 is 9.84 Å². The molecule has 0 fully saturated rings. The lowest BCUT2D eigenvalue weighted by atomic mass is 10.0. The van der Waals surface area contributed by atoms with Crippen molar-refractivity contribution in [1.29, 1.82) is 0 Å². The van der Waals surface area contributed by atoms with Gasteiger partial charge in [0.1, 0.15) is 9.84 Å². The molecule has 0 spiro atoms. The summed E-state index contributed by atoms with van der Waals surface area (Å²) in [4.78, 5) is 4.31. The number of rotatable bonds is 9. The van der Waals surface area contributed by atoms with Gasteiger partial charge in [-0.1, -0.05) is 13.0 Å². The van der Waals surface area contributed by atoms with Crippen molar-refractivity contribution in [2.45, 2.75) is 38.6 Å². The summed E-state index contributed by atoms with van der Waals surface area (Å²) >= 11 is 0. The molecule has 0 bridgehead atoms. The Balaban J connectivity index is 2.36. The normalized spacial score (nSPS) is 13.4. The molecule has 4 nitrogen and oxygen atoms in total. The van der Waals surface area contributed by atoms with Crippen molar-refractivity contribution in [2.24, 2.45) is 0 Å². The Labute approximate surface area is 116 Å². The molecular formula is C14H24N2O2S. The van der Waals surface area contributed by atoms with Gasteiger partial charge in [-0.05, 0) is 44.4 Å². The summed E-state index contributed by atoms with van der Waals surface area (Å²) in [5.41, 5.74) is 1.09. The molecule has 108 valence electrons. The maximum absolute atomic E-state index is 11.1. The SMILES string of the molecule is CCNC(CCCS(C)(=O)=O)CCc1ccccn1. The summed E-state index contributed by atoms with van der Waals surface area (Å²) in [6.45, 7) is 2.98. The van der Waals surface area contributed by atoms with Crippen LogP contribution in [-0.2, 0) is 16.3 Å². The van der Waals surface area contributed by atoms with Crippen molar-refractivity contribution in [3.8, 4) is 0 Å². The lowest BCUT2D eigenvalue weighted by Gasteiger charge is -2.17. The van der Waals surface area contributed by atoms with E-state index in [-0.39, 0.29) is 5.75 Å². The fourth-order valence-electron chi connectivity index (χ4n) is 2.10. The number of aromatic nitrogens is 1. The van der Waals surface area contributed by atoms with Crippen molar-refractivity contribution in [1.82, 2.24) is 10.3 Å². The van der Waals surface area contributed by atoms with Crippen molar-refractivity contribution >= 4 is 9.84 Å². The highest BCUT2D eigenvalue weighted by Crippen LogP contribution is 2.08. The van der Waals surface area contributed by atoms with E-state index in [1.165, 1.54) is 6.26 Å². The Kier molecular flexibility index (Phi) is 7.02. The minimum Gasteiger partial charge on any atom is -0.314 e. The van der Waals surface area contributed by atoms with Gasteiger partial charge in [0.2, 0.25) is 0 Å². The second kappa shape index (κ2) is 8.27. The summed E-state index contributed by atoms with van der Waals surface area (Å²) in [6, 6.07) is 6.30. The predicted molar refractivity (Wildman–Crippen MR) is 79.0 cm³/mol. The maximum Gasteiger partial charge on any atom is 0.147 e. The molecule has 1 aromatic rings. The molecule has 0 aliphatic carbocycles. The van der Waals surface area contributed by atoms with E-state index in [0.717, 1.165) is 37.9 Å². The Hall–Kier alpha value is -0.940. The number of hydrogen-bond acceptors (Lipinski definition) is 4. The van der Waals surface area contributed by atoms with Crippen LogP contribution in [0.15, 0.2) is 24.4 Å². The predicted octanol–water partition coefficient (Wildman–Crippen LogP) is 1.82. The molecule has 0 amide bonds. The topological polar surface area (TPSA) is 59.1 Å². The summed E-state index contributed by atoms with van der Waals surface area (Å²) in [7, 11) is -2.84. The van der Waals surface area contributed by atoms with E-state index in [0.29, 0.717) is 6.04 Å². The summed E-state index contributed by atoms with van der Waals surface area (Å²) in [5.74, 6) is 0.276. The third-order valence-electron chi connectivity index (χ3n) is 3.04. The van der Waals surface area contributed by atoms with Crippen LogP contribution in [0.25, 0.3) is 0 Å². The molecule has 5 heteroatoms. The molecule has 0 radical (unpaired) electrons. The number of nitrogens with zero attached hydrogens (tertiary/aromatic N) is 1. The molecule has 0 aliphatic heterocycles. The van der Waals surface area contributed by atoms with Crippen molar-refractivity contribution in [2.75, 3.05) is 18.6 Å². The van der Waals surface area contributed by atoms with E-state index in [1.54, 1.807) is 6.20 Å². The highest BCUT2D eigenvalue weighted by atomic mass is 32.2. The quantitative estimate of drug-likeness (QED) is 0.751. The van der Waals surface area contributed by atoms with Gasteiger partial charge in [-0.25, -0.2) is 8.42 Å². The van der Waals surface area contributed by atoms with Crippen LogP contribution < -0.4 is 5.32 Å². The Morgan fingerprint density at radius 1 is 1.32 bits per heavy atom. The van der Waals surface area contributed by atoms with Gasteiger partial charge in [-0.3, -0.25) is 4.98 Å². The number of pyridine rings is 1. The van der Waals surface area contributed by atoms with Gasteiger partial charge in [0.05, 0.1) is 0 Å². The third kappa shape index (κ3) is 7.95. The number of hydrogen-bond donors (Lipinski definition) is 1. The first-order chi connectivity index (χ1) is 9.01. The van der Waals surface area contributed by atoms with Crippen LogP contribution in [0.5, 0.6) is 0 Å². The molecule has 0 aromatic carbocycles. The van der Waals surface area contributed by atoms with E-state index in [4.69, 9.17) is 0 Å². The van der Waals surface area contributed by atoms with Crippen LogP contribution in [0, 0.1) is 0 Å². The largest absolute Gasteiger partial charge is 0.314 e. The molecule has 1 rings (SSSR count). The zero-order valence-corrected chi connectivity index (χ0v) is 12.6. The van der Waals surface area contributed by atoms with Crippen LogP contribution in [0.4, 0.5) is 0 Å². The lowest BCUT2D eigenvalue weighted by molar-refractivity contribution is 0.457. The van der Waals surface area contributed by atoms with Gasteiger partial charge >= 0.3 is 0 Å². The lowest BCUT2D eigenvalue weighted by Crippen LogP contribution is -2.30.